The Bertz CT molecular complexity index is 939. The first kappa shape index (κ1) is 15.1. The van der Waals surface area contributed by atoms with Gasteiger partial charge in [0.25, 0.3) is 6.33 Å². The Kier molecular flexibility index (Phi) is 3.49. The fourth-order valence-electron chi connectivity index (χ4n) is 3.94. The standard InChI is InChI=1S/C22H23N2/c1-14(2)16-10-7-11-18-19(16)12-20-21(18)23-13-24(4)22(20)17-9-6-5-8-15(17)3/h5-11,13-14H,12H2,1-4H3/q+1. The van der Waals surface area contributed by atoms with Gasteiger partial charge in [-0.15, -0.1) is 0 Å². The van der Waals surface area contributed by atoms with Crippen LogP contribution in [0.25, 0.3) is 22.5 Å². The van der Waals surface area contributed by atoms with Crippen LogP contribution in [0, 0.1) is 6.92 Å². The molecule has 4 rings (SSSR count). The molecule has 0 unspecified atom stereocenters. The van der Waals surface area contributed by atoms with E-state index in [0.29, 0.717) is 5.92 Å². The van der Waals surface area contributed by atoms with Gasteiger partial charge in [0.05, 0.1) is 12.6 Å². The van der Waals surface area contributed by atoms with Crippen molar-refractivity contribution < 1.29 is 4.57 Å². The summed E-state index contributed by atoms with van der Waals surface area (Å²) in [4.78, 5) is 4.78. The SMILES string of the molecule is Cc1ccccc1-c1c2c(nc[n+]1C)-c1cccc(C(C)C)c1C2. The fraction of sp³-hybridized carbons (Fsp3) is 0.273. The second-order valence-corrected chi connectivity index (χ2v) is 7.05. The van der Waals surface area contributed by atoms with Crippen LogP contribution in [0.2, 0.25) is 0 Å². The molecule has 0 amide bonds. The van der Waals surface area contributed by atoms with Crippen LogP contribution in [0.3, 0.4) is 0 Å². The van der Waals surface area contributed by atoms with Gasteiger partial charge in [0, 0.05) is 17.5 Å². The van der Waals surface area contributed by atoms with E-state index in [-0.39, 0.29) is 0 Å². The van der Waals surface area contributed by atoms with Gasteiger partial charge >= 0.3 is 0 Å². The zero-order valence-corrected chi connectivity index (χ0v) is 14.8. The normalized spacial score (nSPS) is 12.4. The Labute approximate surface area is 143 Å². The van der Waals surface area contributed by atoms with Gasteiger partial charge in [-0.1, -0.05) is 56.3 Å². The molecule has 120 valence electrons. The second kappa shape index (κ2) is 5.55. The van der Waals surface area contributed by atoms with Crippen LogP contribution in [-0.2, 0) is 13.5 Å². The molecule has 3 aromatic rings. The fourth-order valence-corrected chi connectivity index (χ4v) is 3.94. The molecule has 0 fully saturated rings. The van der Waals surface area contributed by atoms with Gasteiger partial charge in [0.2, 0.25) is 0 Å². The molecule has 1 aliphatic rings. The lowest BCUT2D eigenvalue weighted by molar-refractivity contribution is -0.663. The lowest BCUT2D eigenvalue weighted by Gasteiger charge is -2.11. The summed E-state index contributed by atoms with van der Waals surface area (Å²) in [5.74, 6) is 0.532. The summed E-state index contributed by atoms with van der Waals surface area (Å²) in [7, 11) is 2.10. The molecule has 0 atom stereocenters. The molecule has 0 radical (unpaired) electrons. The minimum atomic E-state index is 0.532. The van der Waals surface area contributed by atoms with E-state index in [1.807, 2.05) is 6.33 Å². The molecule has 2 heteroatoms. The van der Waals surface area contributed by atoms with E-state index >= 15 is 0 Å². The molecule has 0 aliphatic heterocycles. The maximum absolute atomic E-state index is 4.78. The van der Waals surface area contributed by atoms with Crippen molar-refractivity contribution in [2.45, 2.75) is 33.1 Å². The van der Waals surface area contributed by atoms with Crippen LogP contribution >= 0.6 is 0 Å². The summed E-state index contributed by atoms with van der Waals surface area (Å²) in [6.07, 6.45) is 2.93. The number of hydrogen-bond acceptors (Lipinski definition) is 1. The quantitative estimate of drug-likeness (QED) is 0.495. The lowest BCUT2D eigenvalue weighted by atomic mass is 9.94. The molecule has 2 nitrogen and oxygen atoms in total. The van der Waals surface area contributed by atoms with Crippen molar-refractivity contribution in [3.63, 3.8) is 0 Å². The third-order valence-electron chi connectivity index (χ3n) is 5.13. The predicted molar refractivity (Wildman–Crippen MR) is 97.9 cm³/mol. The van der Waals surface area contributed by atoms with Crippen LogP contribution in [0.1, 0.15) is 42.0 Å². The molecule has 0 spiro atoms. The highest BCUT2D eigenvalue weighted by molar-refractivity contribution is 5.81. The maximum Gasteiger partial charge on any atom is 0.287 e. The van der Waals surface area contributed by atoms with E-state index in [1.54, 1.807) is 0 Å². The third-order valence-corrected chi connectivity index (χ3v) is 5.13. The predicted octanol–water partition coefficient (Wildman–Crippen LogP) is 4.58. The first-order valence-electron chi connectivity index (χ1n) is 8.63. The van der Waals surface area contributed by atoms with Crippen LogP contribution in [-0.4, -0.2) is 4.98 Å². The van der Waals surface area contributed by atoms with E-state index < -0.39 is 0 Å². The Hall–Kier alpha value is -2.48. The number of benzene rings is 2. The first-order valence-corrected chi connectivity index (χ1v) is 8.63. The summed E-state index contributed by atoms with van der Waals surface area (Å²) in [5.41, 5.74) is 10.6. The molecular formula is C22H23N2+. The minimum absolute atomic E-state index is 0.532. The van der Waals surface area contributed by atoms with Crippen molar-refractivity contribution in [1.82, 2.24) is 4.98 Å². The van der Waals surface area contributed by atoms with Crippen molar-refractivity contribution in [3.05, 3.63) is 71.0 Å². The number of fused-ring (bicyclic) bond motifs is 3. The van der Waals surface area contributed by atoms with Crippen molar-refractivity contribution in [2.24, 2.45) is 7.05 Å². The van der Waals surface area contributed by atoms with Gasteiger partial charge in [-0.3, -0.25) is 0 Å². The zero-order valence-electron chi connectivity index (χ0n) is 14.8. The van der Waals surface area contributed by atoms with Gasteiger partial charge < -0.3 is 0 Å². The highest BCUT2D eigenvalue weighted by Crippen LogP contribution is 2.42. The minimum Gasteiger partial charge on any atom is -0.232 e. The highest BCUT2D eigenvalue weighted by Gasteiger charge is 2.32. The molecule has 1 aliphatic carbocycles. The van der Waals surface area contributed by atoms with Crippen LogP contribution in [0.15, 0.2) is 48.8 Å². The number of aryl methyl sites for hydroxylation is 2. The van der Waals surface area contributed by atoms with Gasteiger partial charge in [-0.25, -0.2) is 4.57 Å². The van der Waals surface area contributed by atoms with Gasteiger partial charge in [0.15, 0.2) is 5.69 Å². The Morgan fingerprint density at radius 1 is 0.958 bits per heavy atom. The van der Waals surface area contributed by atoms with Crippen molar-refractivity contribution in [1.29, 1.82) is 0 Å². The Morgan fingerprint density at radius 2 is 1.71 bits per heavy atom. The summed E-state index contributed by atoms with van der Waals surface area (Å²) >= 11 is 0. The lowest BCUT2D eigenvalue weighted by Crippen LogP contribution is -2.33. The topological polar surface area (TPSA) is 16.8 Å². The number of rotatable bonds is 2. The average molecular weight is 315 g/mol. The second-order valence-electron chi connectivity index (χ2n) is 7.05. The highest BCUT2D eigenvalue weighted by atomic mass is 15.0. The Morgan fingerprint density at radius 3 is 2.46 bits per heavy atom. The van der Waals surface area contributed by atoms with Gasteiger partial charge in [-0.2, -0.15) is 0 Å². The zero-order chi connectivity index (χ0) is 16.8. The van der Waals surface area contributed by atoms with Crippen molar-refractivity contribution >= 4 is 0 Å². The summed E-state index contributed by atoms with van der Waals surface area (Å²) in [5, 5.41) is 0. The number of nitrogens with zero attached hydrogens (tertiary/aromatic N) is 2. The monoisotopic (exact) mass is 315 g/mol. The molecule has 0 saturated heterocycles. The third kappa shape index (κ3) is 2.17. The van der Waals surface area contributed by atoms with Crippen LogP contribution in [0.5, 0.6) is 0 Å². The largest absolute Gasteiger partial charge is 0.287 e. The first-order chi connectivity index (χ1) is 11.6. The molecule has 1 heterocycles. The van der Waals surface area contributed by atoms with E-state index in [1.165, 1.54) is 39.1 Å². The Balaban J connectivity index is 1.98. The molecule has 1 aromatic heterocycles. The molecule has 2 aromatic carbocycles. The van der Waals surface area contributed by atoms with Crippen molar-refractivity contribution in [2.75, 3.05) is 0 Å². The van der Waals surface area contributed by atoms with Gasteiger partial charge in [-0.05, 0) is 34.5 Å². The number of aromatic nitrogens is 2. The average Bonchev–Trinajstić information content (AvgIpc) is 2.94. The van der Waals surface area contributed by atoms with E-state index in [2.05, 4.69) is 74.9 Å². The molecule has 24 heavy (non-hydrogen) atoms. The van der Waals surface area contributed by atoms with Crippen molar-refractivity contribution in [3.8, 4) is 22.5 Å². The molecule has 0 N–H and O–H groups in total. The van der Waals surface area contributed by atoms with E-state index in [9.17, 15) is 0 Å². The van der Waals surface area contributed by atoms with E-state index in [0.717, 1.165) is 12.1 Å². The molecular weight excluding hydrogens is 292 g/mol. The smallest absolute Gasteiger partial charge is 0.232 e. The van der Waals surface area contributed by atoms with Crippen LogP contribution in [0.4, 0.5) is 0 Å². The summed E-state index contributed by atoms with van der Waals surface area (Å²) in [6.45, 7) is 6.73. The molecule has 0 bridgehead atoms. The van der Waals surface area contributed by atoms with Gasteiger partial charge in [0.1, 0.15) is 5.69 Å². The summed E-state index contributed by atoms with van der Waals surface area (Å²) in [6, 6.07) is 15.3. The molecule has 0 saturated carbocycles. The summed E-state index contributed by atoms with van der Waals surface area (Å²) < 4.78 is 2.17. The van der Waals surface area contributed by atoms with Crippen LogP contribution < -0.4 is 4.57 Å². The number of hydrogen-bond donors (Lipinski definition) is 0. The maximum atomic E-state index is 4.78. The van der Waals surface area contributed by atoms with E-state index in [4.69, 9.17) is 4.98 Å².